The van der Waals surface area contributed by atoms with Gasteiger partial charge in [-0.05, 0) is 37.3 Å². The molecule has 3 aromatic heterocycles. The fraction of sp³-hybridized carbons (Fsp3) is 0.273. The molecule has 0 saturated carbocycles. The van der Waals surface area contributed by atoms with E-state index >= 15 is 0 Å². The normalized spacial score (nSPS) is 11.2. The van der Waals surface area contributed by atoms with Crippen molar-refractivity contribution in [1.29, 1.82) is 0 Å². The first-order valence-corrected chi connectivity index (χ1v) is 10.8. The van der Waals surface area contributed by atoms with E-state index in [2.05, 4.69) is 38.1 Å². The first-order chi connectivity index (χ1) is 14.2. The maximum Gasteiger partial charge on any atom is 0.263 e. The van der Waals surface area contributed by atoms with Gasteiger partial charge in [0.05, 0.1) is 23.6 Å². The fourth-order valence-electron chi connectivity index (χ4n) is 3.11. The molecule has 3 heterocycles. The quantitative estimate of drug-likeness (QED) is 0.316. The maximum absolute atomic E-state index is 11.8. The summed E-state index contributed by atoms with van der Waals surface area (Å²) in [4.78, 5) is 28.2. The number of nitrogens with zero attached hydrogens (tertiary/aromatic N) is 3. The van der Waals surface area contributed by atoms with Gasteiger partial charge in [-0.15, -0.1) is 0 Å². The average molecular weight is 407 g/mol. The molecule has 0 spiro atoms. The van der Waals surface area contributed by atoms with Crippen LogP contribution in [0.25, 0.3) is 22.2 Å². The zero-order valence-electron chi connectivity index (χ0n) is 16.2. The largest absolute Gasteiger partial charge is 0.442 e. The fourth-order valence-corrected chi connectivity index (χ4v) is 4.00. The molecule has 1 N–H and O–H groups in total. The summed E-state index contributed by atoms with van der Waals surface area (Å²) in [7, 11) is 0. The van der Waals surface area contributed by atoms with Gasteiger partial charge >= 0.3 is 0 Å². The highest BCUT2D eigenvalue weighted by atomic mass is 32.2. The lowest BCUT2D eigenvalue weighted by molar-refractivity contribution is 0.0948. The number of carbonyl (C=O) groups excluding carboxylic acids is 1. The lowest BCUT2D eigenvalue weighted by Crippen LogP contribution is -2.00. The Morgan fingerprint density at radius 1 is 1.17 bits per heavy atom. The molecule has 0 atom stereocenters. The molecule has 0 bridgehead atoms. The number of hydrogen-bond acceptors (Lipinski definition) is 6. The van der Waals surface area contributed by atoms with Crippen LogP contribution in [-0.4, -0.2) is 37.2 Å². The van der Waals surface area contributed by atoms with Crippen LogP contribution in [0, 0.1) is 6.92 Å². The highest BCUT2D eigenvalue weighted by molar-refractivity contribution is 7.99. The Morgan fingerprint density at radius 2 is 2.10 bits per heavy atom. The van der Waals surface area contributed by atoms with E-state index in [0.29, 0.717) is 6.42 Å². The van der Waals surface area contributed by atoms with Gasteiger partial charge in [0.15, 0.2) is 0 Å². The Balaban J connectivity index is 1.24. The number of ketones is 1. The Kier molecular flexibility index (Phi) is 6.05. The number of hydrogen-bond donors (Lipinski definition) is 1. The van der Waals surface area contributed by atoms with Crippen LogP contribution in [-0.2, 0) is 6.42 Å². The Labute approximate surface area is 173 Å². The van der Waals surface area contributed by atoms with Crippen LogP contribution in [0.1, 0.15) is 35.0 Å². The molecule has 4 aromatic rings. The second kappa shape index (κ2) is 9.05. The summed E-state index contributed by atoms with van der Waals surface area (Å²) < 4.78 is 5.02. The molecule has 148 valence electrons. The second-order valence-corrected chi connectivity index (χ2v) is 8.05. The van der Waals surface area contributed by atoms with Crippen molar-refractivity contribution < 1.29 is 9.21 Å². The van der Waals surface area contributed by atoms with Crippen molar-refractivity contribution in [1.82, 2.24) is 19.9 Å². The topological polar surface area (TPSA) is 84.7 Å². The number of benzene rings is 1. The van der Waals surface area contributed by atoms with Gasteiger partial charge in [0, 0.05) is 35.2 Å². The monoisotopic (exact) mass is 406 g/mol. The highest BCUT2D eigenvalue weighted by Gasteiger charge is 2.10. The molecule has 0 amide bonds. The smallest absolute Gasteiger partial charge is 0.263 e. The Hall–Kier alpha value is -2.93. The molecule has 0 radical (unpaired) electrons. The number of imidazole rings is 1. The predicted molar refractivity (Wildman–Crippen MR) is 115 cm³/mol. The van der Waals surface area contributed by atoms with Gasteiger partial charge in [0.25, 0.3) is 5.89 Å². The molecule has 0 saturated heterocycles. The van der Waals surface area contributed by atoms with Crippen molar-refractivity contribution in [3.05, 3.63) is 66.4 Å². The first kappa shape index (κ1) is 19.4. The molecule has 29 heavy (non-hydrogen) atoms. The number of fused-ring (bicyclic) bond motifs is 1. The summed E-state index contributed by atoms with van der Waals surface area (Å²) in [5.74, 6) is 3.04. The molecule has 0 unspecified atom stereocenters. The number of carbonyl (C=O) groups is 1. The number of oxazole rings is 1. The molecular weight excluding hydrogens is 384 g/mol. The number of pyridine rings is 1. The van der Waals surface area contributed by atoms with Crippen LogP contribution in [0.4, 0.5) is 0 Å². The van der Waals surface area contributed by atoms with Crippen LogP contribution >= 0.6 is 11.8 Å². The summed E-state index contributed by atoms with van der Waals surface area (Å²) >= 11 is 1.82. The number of aryl methyl sites for hydroxylation is 2. The van der Waals surface area contributed by atoms with Gasteiger partial charge in [-0.2, -0.15) is 11.8 Å². The van der Waals surface area contributed by atoms with Gasteiger partial charge < -0.3 is 9.40 Å². The molecule has 0 fully saturated rings. The van der Waals surface area contributed by atoms with Crippen LogP contribution in [0.15, 0.2) is 53.4 Å². The van der Waals surface area contributed by atoms with Crippen molar-refractivity contribution in [2.24, 2.45) is 0 Å². The number of aromatic nitrogens is 4. The summed E-state index contributed by atoms with van der Waals surface area (Å²) in [6, 6.07) is 10.4. The number of aromatic amines is 1. The van der Waals surface area contributed by atoms with Crippen molar-refractivity contribution in [3.8, 4) is 11.3 Å². The lowest BCUT2D eigenvalue weighted by Gasteiger charge is -2.02. The number of nitrogens with one attached hydrogen (secondary N) is 1. The van der Waals surface area contributed by atoms with Crippen molar-refractivity contribution in [2.75, 3.05) is 11.5 Å². The first-order valence-electron chi connectivity index (χ1n) is 9.61. The third-order valence-electron chi connectivity index (χ3n) is 4.61. The molecule has 1 aromatic carbocycles. The summed E-state index contributed by atoms with van der Waals surface area (Å²) in [5.41, 5.74) is 4.16. The van der Waals surface area contributed by atoms with Crippen LogP contribution in [0.3, 0.4) is 0 Å². The third kappa shape index (κ3) is 4.92. The molecular formula is C22H22N4O2S. The number of H-pyrrole nitrogens is 1. The summed E-state index contributed by atoms with van der Waals surface area (Å²) in [6.45, 7) is 2.00. The van der Waals surface area contributed by atoms with E-state index in [9.17, 15) is 4.79 Å². The predicted octanol–water partition coefficient (Wildman–Crippen LogP) is 4.86. The average Bonchev–Trinajstić information content (AvgIpc) is 3.42. The number of thioether (sulfide) groups is 1. The third-order valence-corrected chi connectivity index (χ3v) is 5.68. The molecule has 0 aliphatic rings. The van der Waals surface area contributed by atoms with E-state index in [-0.39, 0.29) is 11.7 Å². The van der Waals surface area contributed by atoms with E-state index < -0.39 is 0 Å². The number of rotatable bonds is 9. The van der Waals surface area contributed by atoms with E-state index in [0.717, 1.165) is 58.0 Å². The minimum absolute atomic E-state index is 0.0352. The van der Waals surface area contributed by atoms with E-state index in [1.807, 2.05) is 37.0 Å². The molecule has 4 rings (SSSR count). The standard InChI is InChI=1S/C22H22N4O2S/c1-15-4-5-16-13-17(6-7-18(16)25-15)19-14-24-21(26-19)8-12-29-11-2-3-20(27)22-23-9-10-28-22/h4-7,9-10,13-14H,2-3,8,11-12H2,1H3,(H,24,26). The maximum atomic E-state index is 11.8. The van der Waals surface area contributed by atoms with Crippen molar-refractivity contribution >= 4 is 28.4 Å². The van der Waals surface area contributed by atoms with Crippen molar-refractivity contribution in [2.45, 2.75) is 26.2 Å². The Bertz CT molecular complexity index is 1110. The van der Waals surface area contributed by atoms with Gasteiger partial charge in [-0.3, -0.25) is 9.78 Å². The SMILES string of the molecule is Cc1ccc2cc(-c3cnc(CCSCCCC(=O)c4ncco4)[nH]3)ccc2n1. The molecule has 6 nitrogen and oxygen atoms in total. The van der Waals surface area contributed by atoms with Gasteiger partial charge in [0.1, 0.15) is 12.1 Å². The van der Waals surface area contributed by atoms with E-state index in [1.54, 1.807) is 0 Å². The molecule has 0 aliphatic heterocycles. The molecule has 7 heteroatoms. The summed E-state index contributed by atoms with van der Waals surface area (Å²) in [6.07, 6.45) is 6.96. The van der Waals surface area contributed by atoms with Crippen molar-refractivity contribution in [3.63, 3.8) is 0 Å². The van der Waals surface area contributed by atoms with Gasteiger partial charge in [-0.25, -0.2) is 9.97 Å². The van der Waals surface area contributed by atoms with Crippen LogP contribution < -0.4 is 0 Å². The number of Topliss-reactive ketones (excluding diaryl/α,β-unsaturated/α-hetero) is 1. The van der Waals surface area contributed by atoms with Crippen LogP contribution in [0.5, 0.6) is 0 Å². The zero-order valence-corrected chi connectivity index (χ0v) is 17.0. The second-order valence-electron chi connectivity index (χ2n) is 6.83. The highest BCUT2D eigenvalue weighted by Crippen LogP contribution is 2.23. The lowest BCUT2D eigenvalue weighted by atomic mass is 10.1. The minimum atomic E-state index is -0.0352. The van der Waals surface area contributed by atoms with E-state index in [1.165, 1.54) is 12.5 Å². The Morgan fingerprint density at radius 3 is 2.97 bits per heavy atom. The summed E-state index contributed by atoms with van der Waals surface area (Å²) in [5, 5.41) is 1.12. The van der Waals surface area contributed by atoms with E-state index in [4.69, 9.17) is 4.42 Å². The van der Waals surface area contributed by atoms with Crippen LogP contribution in [0.2, 0.25) is 0 Å². The zero-order chi connectivity index (χ0) is 20.1. The minimum Gasteiger partial charge on any atom is -0.442 e. The molecule has 0 aliphatic carbocycles. The van der Waals surface area contributed by atoms with Gasteiger partial charge in [0.2, 0.25) is 5.78 Å². The van der Waals surface area contributed by atoms with Gasteiger partial charge in [-0.1, -0.05) is 12.1 Å².